The fourth-order valence-corrected chi connectivity index (χ4v) is 1.75. The lowest BCUT2D eigenvalue weighted by Gasteiger charge is -2.01. The van der Waals surface area contributed by atoms with Crippen LogP contribution in [0.25, 0.3) is 0 Å². The lowest BCUT2D eigenvalue weighted by molar-refractivity contribution is -0.703. The van der Waals surface area contributed by atoms with Crippen molar-refractivity contribution in [2.75, 3.05) is 0 Å². The van der Waals surface area contributed by atoms with E-state index in [1.807, 2.05) is 0 Å². The maximum Gasteiger partial charge on any atom is 0.178 e. The van der Waals surface area contributed by atoms with Crippen LogP contribution in [-0.4, -0.2) is 0 Å². The predicted octanol–water partition coefficient (Wildman–Crippen LogP) is 3.17. The van der Waals surface area contributed by atoms with Crippen molar-refractivity contribution in [3.63, 3.8) is 0 Å². The van der Waals surface area contributed by atoms with E-state index in [1.54, 1.807) is 0 Å². The van der Waals surface area contributed by atoms with E-state index in [1.165, 1.54) is 43.5 Å². The zero-order valence-corrected chi connectivity index (χ0v) is 9.71. The van der Waals surface area contributed by atoms with Crippen LogP contribution < -0.4 is 4.57 Å². The van der Waals surface area contributed by atoms with E-state index in [-0.39, 0.29) is 0 Å². The summed E-state index contributed by atoms with van der Waals surface area (Å²) < 4.78 is 2.35. The van der Waals surface area contributed by atoms with Gasteiger partial charge in [0.1, 0.15) is 6.54 Å². The van der Waals surface area contributed by atoms with E-state index in [0.717, 1.165) is 0 Å². The summed E-state index contributed by atoms with van der Waals surface area (Å²) in [6.07, 6.45) is 7.55. The summed E-state index contributed by atoms with van der Waals surface area (Å²) >= 11 is 0. The lowest BCUT2D eigenvalue weighted by Crippen LogP contribution is -2.36. The van der Waals surface area contributed by atoms with Gasteiger partial charge in [0.25, 0.3) is 0 Å². The fourth-order valence-electron chi connectivity index (χ4n) is 1.75. The Bertz CT molecular complexity index is 279. The van der Waals surface area contributed by atoms with Crippen molar-refractivity contribution in [1.82, 2.24) is 0 Å². The van der Waals surface area contributed by atoms with E-state index in [2.05, 4.69) is 43.7 Å². The molecule has 14 heavy (non-hydrogen) atoms. The Morgan fingerprint density at radius 1 is 1.14 bits per heavy atom. The smallest absolute Gasteiger partial charge is 0.178 e. The third kappa shape index (κ3) is 3.49. The van der Waals surface area contributed by atoms with Crippen LogP contribution in [0.4, 0.5) is 0 Å². The summed E-state index contributed by atoms with van der Waals surface area (Å²) in [5.74, 6) is 0. The Labute approximate surface area is 87.8 Å². The summed E-state index contributed by atoms with van der Waals surface area (Å²) in [4.78, 5) is 0. The molecule has 78 valence electrons. The van der Waals surface area contributed by atoms with Crippen molar-refractivity contribution in [3.05, 3.63) is 29.6 Å². The van der Waals surface area contributed by atoms with Gasteiger partial charge in [-0.15, -0.1) is 0 Å². The number of unbranched alkanes of at least 4 members (excludes halogenated alkanes) is 3. The van der Waals surface area contributed by atoms with E-state index < -0.39 is 0 Å². The molecule has 0 saturated carbocycles. The SMILES string of the molecule is CCCCCC[n+]1ccc(C)cc1C. The normalized spacial score (nSPS) is 10.5. The minimum absolute atomic E-state index is 1.17. The molecule has 0 aliphatic carbocycles. The molecule has 1 aromatic rings. The molecule has 0 bridgehead atoms. The maximum absolute atomic E-state index is 2.35. The quantitative estimate of drug-likeness (QED) is 0.498. The third-order valence-corrected chi connectivity index (χ3v) is 2.66. The third-order valence-electron chi connectivity index (χ3n) is 2.66. The van der Waals surface area contributed by atoms with Crippen molar-refractivity contribution in [1.29, 1.82) is 0 Å². The molecular weight excluding hydrogens is 170 g/mol. The van der Waals surface area contributed by atoms with Gasteiger partial charge >= 0.3 is 0 Å². The number of aryl methyl sites for hydroxylation is 3. The maximum atomic E-state index is 2.35. The van der Waals surface area contributed by atoms with E-state index in [0.29, 0.717) is 0 Å². The number of hydrogen-bond acceptors (Lipinski definition) is 0. The van der Waals surface area contributed by atoms with Crippen molar-refractivity contribution in [2.45, 2.75) is 53.0 Å². The van der Waals surface area contributed by atoms with Crippen molar-refractivity contribution < 1.29 is 4.57 Å². The summed E-state index contributed by atoms with van der Waals surface area (Å²) in [5.41, 5.74) is 2.73. The zero-order valence-electron chi connectivity index (χ0n) is 9.71. The predicted molar refractivity (Wildman–Crippen MR) is 60.3 cm³/mol. The first-order valence-electron chi connectivity index (χ1n) is 5.70. The Morgan fingerprint density at radius 3 is 2.57 bits per heavy atom. The largest absolute Gasteiger partial charge is 0.203 e. The molecule has 0 amide bonds. The monoisotopic (exact) mass is 192 g/mol. The van der Waals surface area contributed by atoms with Crippen molar-refractivity contribution in [2.24, 2.45) is 0 Å². The number of hydrogen-bond donors (Lipinski definition) is 0. The van der Waals surface area contributed by atoms with Gasteiger partial charge in [0, 0.05) is 25.5 Å². The highest BCUT2D eigenvalue weighted by molar-refractivity contribution is 5.08. The highest BCUT2D eigenvalue weighted by atomic mass is 14.9. The van der Waals surface area contributed by atoms with Gasteiger partial charge in [0.15, 0.2) is 11.9 Å². The summed E-state index contributed by atoms with van der Waals surface area (Å²) in [5, 5.41) is 0. The van der Waals surface area contributed by atoms with E-state index in [9.17, 15) is 0 Å². The Morgan fingerprint density at radius 2 is 1.93 bits per heavy atom. The fraction of sp³-hybridized carbons (Fsp3) is 0.615. The van der Waals surface area contributed by atoms with Crippen LogP contribution in [0.15, 0.2) is 18.3 Å². The molecule has 0 saturated heterocycles. The summed E-state index contributed by atoms with van der Waals surface area (Å²) in [6.45, 7) is 7.76. The molecule has 1 heterocycles. The number of pyridine rings is 1. The second-order valence-corrected chi connectivity index (χ2v) is 4.10. The van der Waals surface area contributed by atoms with Crippen LogP contribution in [0, 0.1) is 13.8 Å². The molecule has 1 heteroatoms. The molecule has 1 rings (SSSR count). The van der Waals surface area contributed by atoms with Crippen molar-refractivity contribution in [3.8, 4) is 0 Å². The molecule has 0 aromatic carbocycles. The molecule has 0 radical (unpaired) electrons. The molecule has 0 N–H and O–H groups in total. The molecule has 0 aliphatic heterocycles. The van der Waals surface area contributed by atoms with E-state index in [4.69, 9.17) is 0 Å². The summed E-state index contributed by atoms with van der Waals surface area (Å²) in [7, 11) is 0. The topological polar surface area (TPSA) is 3.88 Å². The van der Waals surface area contributed by atoms with Crippen LogP contribution >= 0.6 is 0 Å². The Kier molecular flexibility index (Phi) is 4.64. The number of rotatable bonds is 5. The van der Waals surface area contributed by atoms with Gasteiger partial charge in [0.05, 0.1) is 0 Å². The van der Waals surface area contributed by atoms with Crippen molar-refractivity contribution >= 4 is 0 Å². The first-order valence-corrected chi connectivity index (χ1v) is 5.70. The van der Waals surface area contributed by atoms with Crippen LogP contribution in [0.5, 0.6) is 0 Å². The second-order valence-electron chi connectivity index (χ2n) is 4.10. The molecule has 1 nitrogen and oxygen atoms in total. The average molecular weight is 192 g/mol. The Hall–Kier alpha value is -0.850. The van der Waals surface area contributed by atoms with Gasteiger partial charge in [-0.2, -0.15) is 0 Å². The Balaban J connectivity index is 2.42. The van der Waals surface area contributed by atoms with Gasteiger partial charge < -0.3 is 0 Å². The van der Waals surface area contributed by atoms with Gasteiger partial charge in [-0.1, -0.05) is 19.8 Å². The summed E-state index contributed by atoms with van der Waals surface area (Å²) in [6, 6.07) is 4.44. The molecule has 0 fully saturated rings. The molecule has 0 atom stereocenters. The average Bonchev–Trinajstić information content (AvgIpc) is 2.15. The first-order chi connectivity index (χ1) is 6.74. The van der Waals surface area contributed by atoms with Gasteiger partial charge in [-0.05, 0) is 18.9 Å². The molecule has 1 aromatic heterocycles. The van der Waals surface area contributed by atoms with Crippen LogP contribution in [0.2, 0.25) is 0 Å². The highest BCUT2D eigenvalue weighted by Gasteiger charge is 2.04. The van der Waals surface area contributed by atoms with Gasteiger partial charge in [-0.3, -0.25) is 0 Å². The molecule has 0 unspecified atom stereocenters. The van der Waals surface area contributed by atoms with Gasteiger partial charge in [-0.25, -0.2) is 4.57 Å². The zero-order chi connectivity index (χ0) is 10.4. The highest BCUT2D eigenvalue weighted by Crippen LogP contribution is 2.00. The number of nitrogens with zero attached hydrogens (tertiary/aromatic N) is 1. The minimum Gasteiger partial charge on any atom is -0.203 e. The lowest BCUT2D eigenvalue weighted by atomic mass is 10.2. The molecular formula is C13H22N+. The van der Waals surface area contributed by atoms with E-state index >= 15 is 0 Å². The second kappa shape index (κ2) is 5.79. The number of aromatic nitrogens is 1. The molecule has 0 spiro atoms. The van der Waals surface area contributed by atoms with Gasteiger partial charge in [0.2, 0.25) is 0 Å². The van der Waals surface area contributed by atoms with Crippen LogP contribution in [0.3, 0.4) is 0 Å². The standard InChI is InChI=1S/C13H22N/c1-4-5-6-7-9-14-10-8-12(2)11-13(14)3/h8,10-11H,4-7,9H2,1-3H3/q+1. The van der Waals surface area contributed by atoms with Crippen LogP contribution in [-0.2, 0) is 6.54 Å². The van der Waals surface area contributed by atoms with Crippen LogP contribution in [0.1, 0.15) is 43.9 Å². The molecule has 0 aliphatic rings. The first kappa shape index (κ1) is 11.2. The minimum atomic E-state index is 1.17.